The van der Waals surface area contributed by atoms with Gasteiger partial charge in [0, 0.05) is 130 Å². The molecule has 4 aliphatic rings. The van der Waals surface area contributed by atoms with Crippen LogP contribution >= 0.6 is 0 Å². The highest BCUT2D eigenvalue weighted by molar-refractivity contribution is 6.29. The summed E-state index contributed by atoms with van der Waals surface area (Å²) in [4.78, 5) is 116. The Morgan fingerprint density at radius 3 is 1.23 bits per heavy atom. The third kappa shape index (κ3) is 10.9. The van der Waals surface area contributed by atoms with Crippen molar-refractivity contribution in [3.8, 4) is 11.5 Å². The van der Waals surface area contributed by atoms with Crippen molar-refractivity contribution in [3.05, 3.63) is 184 Å². The van der Waals surface area contributed by atoms with E-state index in [0.29, 0.717) is 99.7 Å². The maximum absolute atomic E-state index is 14.4. The molecule has 2 aromatic heterocycles. The Balaban J connectivity index is 0.901. The number of Topliss-reactive ketones (excluding diaryl/α,β-unsaturated/α-hetero) is 2. The molecule has 4 atom stereocenters. The van der Waals surface area contributed by atoms with E-state index in [2.05, 4.69) is 9.80 Å². The summed E-state index contributed by atoms with van der Waals surface area (Å²) >= 11 is 0. The van der Waals surface area contributed by atoms with E-state index in [4.69, 9.17) is 18.9 Å². The van der Waals surface area contributed by atoms with Crippen molar-refractivity contribution in [1.82, 2.24) is 28.1 Å². The number of hydrogen-bond acceptors (Lipinski definition) is 16. The van der Waals surface area contributed by atoms with Gasteiger partial charge in [0.25, 0.3) is 11.1 Å². The molecular weight excluding hydrogens is 1000 g/mol. The number of hydrogen-bond donors (Lipinski definition) is 0. The summed E-state index contributed by atoms with van der Waals surface area (Å²) in [5.74, 6) is -1.37. The fraction of sp³-hybridized carbons (Fsp3) is 0.379. The molecular formula is C58H62N8O12. The molecule has 0 spiro atoms. The fourth-order valence-electron chi connectivity index (χ4n) is 11.0. The lowest BCUT2D eigenvalue weighted by Crippen LogP contribution is -2.49. The Labute approximate surface area is 449 Å². The zero-order chi connectivity index (χ0) is 54.8. The van der Waals surface area contributed by atoms with Crippen LogP contribution in [0.4, 0.5) is 11.6 Å². The highest BCUT2D eigenvalue weighted by Gasteiger charge is 2.38. The van der Waals surface area contributed by atoms with Crippen LogP contribution in [-0.2, 0) is 47.3 Å². The van der Waals surface area contributed by atoms with Crippen molar-refractivity contribution >= 4 is 35.1 Å². The number of ketones is 2. The lowest BCUT2D eigenvalue weighted by molar-refractivity contribution is -0.175. The van der Waals surface area contributed by atoms with E-state index in [1.165, 1.54) is 35.4 Å². The summed E-state index contributed by atoms with van der Waals surface area (Å²) in [6.45, 7) is 4.80. The van der Waals surface area contributed by atoms with Gasteiger partial charge in [0.1, 0.15) is 47.6 Å². The van der Waals surface area contributed by atoms with Gasteiger partial charge in [-0.25, -0.2) is 19.2 Å². The van der Waals surface area contributed by atoms with Crippen LogP contribution in [0.2, 0.25) is 0 Å². The first-order valence-electron chi connectivity index (χ1n) is 26.3. The molecule has 0 saturated carbocycles. The maximum Gasteiger partial charge on any atom is 0.418 e. The Bertz CT molecular complexity index is 3270. The first-order valence-corrected chi connectivity index (χ1v) is 26.3. The summed E-state index contributed by atoms with van der Waals surface area (Å²) in [6.07, 6.45) is -2.94. The topological polar surface area (TPSA) is 206 Å². The molecule has 2 saturated heterocycles. The van der Waals surface area contributed by atoms with Crippen LogP contribution in [0, 0.1) is 0 Å². The van der Waals surface area contributed by atoms with E-state index in [1.54, 1.807) is 50.5 Å². The molecule has 20 heteroatoms. The van der Waals surface area contributed by atoms with Gasteiger partial charge in [-0.2, -0.15) is 0 Å². The minimum absolute atomic E-state index is 0.0301. The molecule has 0 N–H and O–H groups in total. The standard InChI is InChI=1S/C58H62N8O12/c1-59-49(35-51(69)61(3)57(59)73)65-29-25-63(26-30-65)23-21-43(39-17-11-19-45-53(39)41(67)33-47(75-45)37-13-7-5-8-14-37)77-55(71)56(72)78-44(22-24-64-27-31-66(32-28-64)50-36-52(70)62(4)58(74)60(50)2)40-18-12-20-46-54(40)42(68)34-48(76-46)38-15-9-6-10-16-38/h5-20,35-36,43-44,47-48H,21-34H2,1-4H3. The van der Waals surface area contributed by atoms with Crippen molar-refractivity contribution < 1.29 is 38.1 Å². The van der Waals surface area contributed by atoms with Gasteiger partial charge in [0.2, 0.25) is 0 Å². The molecule has 2 fully saturated rings. The maximum atomic E-state index is 14.4. The lowest BCUT2D eigenvalue weighted by atomic mass is 9.90. The second kappa shape index (κ2) is 22.7. The number of ether oxygens (including phenoxy) is 4. The Morgan fingerprint density at radius 1 is 0.487 bits per heavy atom. The van der Waals surface area contributed by atoms with E-state index in [9.17, 15) is 38.4 Å². The normalized spacial score (nSPS) is 18.5. The van der Waals surface area contributed by atoms with Crippen molar-refractivity contribution in [2.45, 2.75) is 50.1 Å². The highest BCUT2D eigenvalue weighted by atomic mass is 16.6. The van der Waals surface area contributed by atoms with Gasteiger partial charge < -0.3 is 28.7 Å². The zero-order valence-electron chi connectivity index (χ0n) is 44.1. The largest absolute Gasteiger partial charge is 0.484 e. The zero-order valence-corrected chi connectivity index (χ0v) is 44.1. The summed E-state index contributed by atoms with van der Waals surface area (Å²) in [5.41, 5.74) is 1.25. The highest BCUT2D eigenvalue weighted by Crippen LogP contribution is 2.42. The van der Waals surface area contributed by atoms with Crippen molar-refractivity contribution in [3.63, 3.8) is 0 Å². The molecule has 6 aromatic rings. The molecule has 6 heterocycles. The van der Waals surface area contributed by atoms with Crippen LogP contribution in [0.25, 0.3) is 0 Å². The number of esters is 2. The Hall–Kier alpha value is -8.36. The summed E-state index contributed by atoms with van der Waals surface area (Å²) < 4.78 is 30.2. The minimum atomic E-state index is -1.30. The van der Waals surface area contributed by atoms with Gasteiger partial charge in [0.05, 0.1) is 24.0 Å². The molecule has 0 amide bonds. The van der Waals surface area contributed by atoms with Gasteiger partial charge >= 0.3 is 23.3 Å². The second-order valence-electron chi connectivity index (χ2n) is 20.2. The average molecular weight is 1060 g/mol. The van der Waals surface area contributed by atoms with Crippen molar-refractivity contribution in [2.75, 3.05) is 75.2 Å². The SMILES string of the molecule is Cn1c(N2CCN(CCC(OC(=O)C(=O)OC(CCN3CCN(c4cc(=O)n(C)c(=O)n4C)CC3)c3cccc4c3C(=O)CC(c3ccccc3)O4)c3cccc4c3C(=O)CC(c3ccccc3)O4)CC2)cc(=O)n(C)c1=O. The number of carbonyl (C=O) groups is 4. The van der Waals surface area contributed by atoms with Crippen molar-refractivity contribution in [1.29, 1.82) is 0 Å². The first-order chi connectivity index (χ1) is 37.6. The first kappa shape index (κ1) is 53.1. The molecule has 4 aromatic carbocycles. The van der Waals surface area contributed by atoms with Crippen LogP contribution < -0.4 is 41.8 Å². The minimum Gasteiger partial charge on any atom is -0.484 e. The van der Waals surface area contributed by atoms with Gasteiger partial charge in [0.15, 0.2) is 11.6 Å². The third-order valence-corrected chi connectivity index (χ3v) is 15.5. The van der Waals surface area contributed by atoms with Crippen LogP contribution in [-0.4, -0.2) is 117 Å². The van der Waals surface area contributed by atoms with E-state index in [-0.39, 0.29) is 48.4 Å². The fourth-order valence-corrected chi connectivity index (χ4v) is 11.0. The summed E-state index contributed by atoms with van der Waals surface area (Å²) in [7, 11) is 6.12. The quantitative estimate of drug-likeness (QED) is 0.111. The number of nitrogens with zero attached hydrogens (tertiary/aromatic N) is 8. The predicted octanol–water partition coefficient (Wildman–Crippen LogP) is 4.19. The van der Waals surface area contributed by atoms with Crippen LogP contribution in [0.3, 0.4) is 0 Å². The summed E-state index contributed by atoms with van der Waals surface area (Å²) in [5, 5.41) is 0. The Kier molecular flexibility index (Phi) is 15.4. The van der Waals surface area contributed by atoms with Crippen molar-refractivity contribution in [2.24, 2.45) is 28.2 Å². The van der Waals surface area contributed by atoms with Gasteiger partial charge in [-0.3, -0.25) is 47.2 Å². The predicted molar refractivity (Wildman–Crippen MR) is 288 cm³/mol. The number of anilines is 2. The number of fused-ring (bicyclic) bond motifs is 2. The van der Waals surface area contributed by atoms with Crippen LogP contribution in [0.15, 0.2) is 128 Å². The van der Waals surface area contributed by atoms with Crippen LogP contribution in [0.5, 0.6) is 11.5 Å². The van der Waals surface area contributed by atoms with Gasteiger partial charge in [-0.05, 0) is 23.3 Å². The number of benzene rings is 4. The smallest absolute Gasteiger partial charge is 0.418 e. The van der Waals surface area contributed by atoms with E-state index in [1.807, 2.05) is 70.5 Å². The monoisotopic (exact) mass is 1060 g/mol. The Morgan fingerprint density at radius 2 is 0.859 bits per heavy atom. The van der Waals surface area contributed by atoms with Gasteiger partial charge in [-0.15, -0.1) is 0 Å². The number of aromatic nitrogens is 4. The molecule has 406 valence electrons. The molecule has 4 unspecified atom stereocenters. The molecule has 20 nitrogen and oxygen atoms in total. The number of carbonyl (C=O) groups excluding carboxylic acids is 4. The van der Waals surface area contributed by atoms with Gasteiger partial charge in [-0.1, -0.05) is 84.9 Å². The van der Waals surface area contributed by atoms with Crippen LogP contribution in [0.1, 0.15) is 93.1 Å². The molecule has 0 bridgehead atoms. The molecule has 10 rings (SSSR count). The molecule has 78 heavy (non-hydrogen) atoms. The number of piperazine rings is 2. The van der Waals surface area contributed by atoms with E-state index in [0.717, 1.165) is 20.3 Å². The molecule has 4 aliphatic heterocycles. The second-order valence-corrected chi connectivity index (χ2v) is 20.2. The lowest BCUT2D eigenvalue weighted by Gasteiger charge is -2.37. The average Bonchev–Trinajstić information content (AvgIpc) is 3.61. The summed E-state index contributed by atoms with van der Waals surface area (Å²) in [6, 6.07) is 32.0. The van der Waals surface area contributed by atoms with E-state index < -0.39 is 58.9 Å². The van der Waals surface area contributed by atoms with E-state index >= 15 is 0 Å². The number of rotatable bonds is 14. The molecule has 0 radical (unpaired) electrons. The molecule has 0 aliphatic carbocycles. The third-order valence-electron chi connectivity index (χ3n) is 15.5.